The van der Waals surface area contributed by atoms with Crippen LogP contribution in [0.15, 0.2) is 30.5 Å². The molecule has 2 unspecified atom stereocenters. The summed E-state index contributed by atoms with van der Waals surface area (Å²) in [7, 11) is 0. The van der Waals surface area contributed by atoms with Crippen LogP contribution in [0.2, 0.25) is 5.02 Å². The molecule has 1 aromatic heterocycles. The Labute approximate surface area is 113 Å². The highest BCUT2D eigenvalue weighted by molar-refractivity contribution is 6.31. The number of rotatable bonds is 3. The molecule has 0 aliphatic heterocycles. The number of nitrogens with zero attached hydrogens (tertiary/aromatic N) is 1. The van der Waals surface area contributed by atoms with E-state index in [1.54, 1.807) is 6.20 Å². The Morgan fingerprint density at radius 3 is 2.50 bits per heavy atom. The molecule has 0 saturated carbocycles. The molecule has 3 heteroatoms. The summed E-state index contributed by atoms with van der Waals surface area (Å²) in [6.45, 7) is 6.09. The summed E-state index contributed by atoms with van der Waals surface area (Å²) >= 11 is 5.99. The molecular weight excluding hydrogens is 246 g/mol. The van der Waals surface area contributed by atoms with Gasteiger partial charge in [-0.25, -0.2) is 0 Å². The largest absolute Gasteiger partial charge is 0.393 e. The third-order valence-corrected chi connectivity index (χ3v) is 3.57. The van der Waals surface area contributed by atoms with Gasteiger partial charge in [-0.15, -0.1) is 0 Å². The van der Waals surface area contributed by atoms with Crippen molar-refractivity contribution in [1.29, 1.82) is 0 Å². The van der Waals surface area contributed by atoms with Crippen LogP contribution in [-0.2, 0) is 0 Å². The number of fused-ring (bicyclic) bond motifs is 1. The van der Waals surface area contributed by atoms with Crippen LogP contribution >= 0.6 is 11.6 Å². The van der Waals surface area contributed by atoms with E-state index in [4.69, 9.17) is 11.6 Å². The van der Waals surface area contributed by atoms with Gasteiger partial charge in [0.05, 0.1) is 11.6 Å². The zero-order valence-corrected chi connectivity index (χ0v) is 11.6. The van der Waals surface area contributed by atoms with Crippen LogP contribution < -0.4 is 0 Å². The van der Waals surface area contributed by atoms with Crippen molar-refractivity contribution < 1.29 is 5.11 Å². The summed E-state index contributed by atoms with van der Waals surface area (Å²) in [6.07, 6.45) is 1.40. The first-order chi connectivity index (χ1) is 8.50. The molecule has 0 bridgehead atoms. The Morgan fingerprint density at radius 1 is 1.17 bits per heavy atom. The summed E-state index contributed by atoms with van der Waals surface area (Å²) in [5.41, 5.74) is 2.02. The van der Waals surface area contributed by atoms with Crippen LogP contribution in [0.1, 0.15) is 32.3 Å². The third-order valence-electron chi connectivity index (χ3n) is 3.34. The normalized spacial score (nSPS) is 15.0. The Kier molecular flexibility index (Phi) is 3.88. The van der Waals surface area contributed by atoms with Crippen molar-refractivity contribution in [3.05, 3.63) is 41.0 Å². The number of aliphatic hydroxyl groups excluding tert-OH is 1. The quantitative estimate of drug-likeness (QED) is 0.908. The molecule has 0 fully saturated rings. The number of benzene rings is 1. The van der Waals surface area contributed by atoms with Gasteiger partial charge in [0.1, 0.15) is 0 Å². The first-order valence-corrected chi connectivity index (χ1v) is 6.60. The molecule has 2 nitrogen and oxygen atoms in total. The van der Waals surface area contributed by atoms with Gasteiger partial charge in [0, 0.05) is 22.5 Å². The fourth-order valence-electron chi connectivity index (χ4n) is 2.61. The zero-order valence-electron chi connectivity index (χ0n) is 10.9. The Hall–Kier alpha value is -1.12. The summed E-state index contributed by atoms with van der Waals surface area (Å²) < 4.78 is 0. The number of hydrogen-bond acceptors (Lipinski definition) is 2. The van der Waals surface area contributed by atoms with Crippen molar-refractivity contribution in [3.8, 4) is 0 Å². The fourth-order valence-corrected chi connectivity index (χ4v) is 2.78. The molecule has 18 heavy (non-hydrogen) atoms. The maximum atomic E-state index is 10.0. The maximum absolute atomic E-state index is 10.0. The molecule has 0 spiro atoms. The highest BCUT2D eigenvalue weighted by atomic mass is 35.5. The molecule has 1 heterocycles. The molecule has 0 amide bonds. The average molecular weight is 264 g/mol. The predicted octanol–water partition coefficient (Wildman–Crippen LogP) is 4.01. The topological polar surface area (TPSA) is 33.1 Å². The van der Waals surface area contributed by atoms with Crippen molar-refractivity contribution >= 4 is 22.5 Å². The van der Waals surface area contributed by atoms with Crippen molar-refractivity contribution in [2.75, 3.05) is 0 Å². The Bertz CT molecular complexity index is 543. The molecule has 2 rings (SSSR count). The lowest BCUT2D eigenvalue weighted by atomic mass is 9.83. The van der Waals surface area contributed by atoms with E-state index in [0.717, 1.165) is 16.5 Å². The summed E-state index contributed by atoms with van der Waals surface area (Å²) in [5.74, 6) is 0.475. The van der Waals surface area contributed by atoms with Gasteiger partial charge in [-0.3, -0.25) is 4.98 Å². The molecule has 1 N–H and O–H groups in total. The highest BCUT2D eigenvalue weighted by Gasteiger charge is 2.23. The van der Waals surface area contributed by atoms with E-state index < -0.39 is 0 Å². The lowest BCUT2D eigenvalue weighted by molar-refractivity contribution is 0.141. The van der Waals surface area contributed by atoms with Crippen molar-refractivity contribution in [3.63, 3.8) is 0 Å². The molecular formula is C15H18ClNO. The first kappa shape index (κ1) is 13.3. The van der Waals surface area contributed by atoms with Crippen molar-refractivity contribution in [1.82, 2.24) is 4.98 Å². The number of halogens is 1. The standard InChI is InChI=1S/C15H18ClNO/c1-9(2)15(10(3)18)13-6-7-17-14-8-11(16)4-5-12(13)14/h4-10,15,18H,1-3H3. The molecule has 0 radical (unpaired) electrons. The highest BCUT2D eigenvalue weighted by Crippen LogP contribution is 2.33. The van der Waals surface area contributed by atoms with E-state index in [1.165, 1.54) is 0 Å². The zero-order chi connectivity index (χ0) is 13.3. The summed E-state index contributed by atoms with van der Waals surface area (Å²) in [5, 5.41) is 11.8. The second-order valence-corrected chi connectivity index (χ2v) is 5.51. The van der Waals surface area contributed by atoms with Gasteiger partial charge < -0.3 is 5.11 Å². The Morgan fingerprint density at radius 2 is 1.89 bits per heavy atom. The van der Waals surface area contributed by atoms with Crippen molar-refractivity contribution in [2.45, 2.75) is 32.8 Å². The Balaban J connectivity index is 2.63. The first-order valence-electron chi connectivity index (χ1n) is 6.23. The fraction of sp³-hybridized carbons (Fsp3) is 0.400. The van der Waals surface area contributed by atoms with Gasteiger partial charge in [0.2, 0.25) is 0 Å². The minimum atomic E-state index is -0.383. The summed E-state index contributed by atoms with van der Waals surface area (Å²) in [4.78, 5) is 4.34. The summed E-state index contributed by atoms with van der Waals surface area (Å²) in [6, 6.07) is 7.71. The maximum Gasteiger partial charge on any atom is 0.0719 e. The SMILES string of the molecule is CC(C)C(c1ccnc2cc(Cl)ccc12)C(C)O. The molecule has 0 aliphatic carbocycles. The predicted molar refractivity (Wildman–Crippen MR) is 76.0 cm³/mol. The van der Waals surface area contributed by atoms with Gasteiger partial charge >= 0.3 is 0 Å². The second kappa shape index (κ2) is 5.25. The minimum Gasteiger partial charge on any atom is -0.393 e. The van der Waals surface area contributed by atoms with Crippen LogP contribution in [0.4, 0.5) is 0 Å². The van der Waals surface area contributed by atoms with E-state index in [9.17, 15) is 5.11 Å². The van der Waals surface area contributed by atoms with Gasteiger partial charge in [-0.05, 0) is 36.6 Å². The third kappa shape index (κ3) is 2.50. The van der Waals surface area contributed by atoms with E-state index >= 15 is 0 Å². The number of aliphatic hydroxyl groups is 1. The van der Waals surface area contributed by atoms with Crippen LogP contribution in [0.5, 0.6) is 0 Å². The second-order valence-electron chi connectivity index (χ2n) is 5.07. The monoisotopic (exact) mass is 263 g/mol. The van der Waals surface area contributed by atoms with Crippen molar-refractivity contribution in [2.24, 2.45) is 5.92 Å². The van der Waals surface area contributed by atoms with Gasteiger partial charge in [0.25, 0.3) is 0 Å². The lowest BCUT2D eigenvalue weighted by Gasteiger charge is -2.25. The van der Waals surface area contributed by atoms with Gasteiger partial charge in [-0.2, -0.15) is 0 Å². The number of hydrogen-bond donors (Lipinski definition) is 1. The lowest BCUT2D eigenvalue weighted by Crippen LogP contribution is -2.20. The molecule has 0 aliphatic rings. The molecule has 2 aromatic rings. The molecule has 1 aromatic carbocycles. The van der Waals surface area contributed by atoms with Crippen LogP contribution in [-0.4, -0.2) is 16.2 Å². The smallest absolute Gasteiger partial charge is 0.0719 e. The minimum absolute atomic E-state index is 0.108. The van der Waals surface area contributed by atoms with Crippen LogP contribution in [0.3, 0.4) is 0 Å². The van der Waals surface area contributed by atoms with Crippen LogP contribution in [0, 0.1) is 5.92 Å². The number of aromatic nitrogens is 1. The van der Waals surface area contributed by atoms with E-state index in [1.807, 2.05) is 31.2 Å². The van der Waals surface area contributed by atoms with E-state index in [-0.39, 0.29) is 12.0 Å². The van der Waals surface area contributed by atoms with Crippen LogP contribution in [0.25, 0.3) is 10.9 Å². The molecule has 0 saturated heterocycles. The molecule has 96 valence electrons. The van der Waals surface area contributed by atoms with E-state index in [2.05, 4.69) is 18.8 Å². The number of pyridine rings is 1. The van der Waals surface area contributed by atoms with Gasteiger partial charge in [0.15, 0.2) is 0 Å². The van der Waals surface area contributed by atoms with Gasteiger partial charge in [-0.1, -0.05) is 31.5 Å². The average Bonchev–Trinajstić information content (AvgIpc) is 2.27. The van der Waals surface area contributed by atoms with E-state index in [0.29, 0.717) is 10.9 Å². The molecule has 2 atom stereocenters.